The fraction of sp³-hybridized carbons (Fsp3) is 0.233. The molecular weight excluding hydrogens is 479 g/mol. The van der Waals surface area contributed by atoms with Crippen molar-refractivity contribution in [2.75, 3.05) is 5.32 Å². The van der Waals surface area contributed by atoms with E-state index in [4.69, 9.17) is 10.4 Å². The number of halogens is 1. The van der Waals surface area contributed by atoms with Gasteiger partial charge in [-0.3, -0.25) is 19.3 Å². The SMILES string of the molecule is Cn1c(=O)c(=C(NCc2ccc(-c3ccc(F)cc3)cc2)Nc2ccccc2)c(=N)n2c1=NC1CCCC12. The number of aromatic nitrogens is 2. The minimum Gasteiger partial charge on any atom is -0.367 e. The van der Waals surface area contributed by atoms with Crippen molar-refractivity contribution in [1.29, 1.82) is 5.41 Å². The van der Waals surface area contributed by atoms with E-state index in [0.717, 1.165) is 41.6 Å². The molecule has 38 heavy (non-hydrogen) atoms. The molecule has 1 aliphatic heterocycles. The number of hydrogen-bond acceptors (Lipinski definition) is 5. The standard InChI is InChI=1S/C30H29FN6O/c1-36-29(38)26(27(32)37-25-9-5-8-24(25)35-30(36)37)28(34-23-6-3-2-4-7-23)33-18-19-10-12-20(13-11-19)21-14-16-22(31)17-15-21/h2-4,6-7,10-17,24-25,32-34H,5,8-9,18H2,1H3. The first-order valence-corrected chi connectivity index (χ1v) is 12.9. The molecule has 0 spiro atoms. The summed E-state index contributed by atoms with van der Waals surface area (Å²) in [6.45, 7) is 0.444. The van der Waals surface area contributed by atoms with Crippen molar-refractivity contribution in [2.24, 2.45) is 12.0 Å². The summed E-state index contributed by atoms with van der Waals surface area (Å²) in [6, 6.07) is 24.3. The van der Waals surface area contributed by atoms with Crippen molar-refractivity contribution in [3.05, 3.63) is 117 Å². The molecule has 7 nitrogen and oxygen atoms in total. The number of rotatable bonds is 6. The van der Waals surface area contributed by atoms with Gasteiger partial charge in [-0.2, -0.15) is 0 Å². The molecule has 0 saturated heterocycles. The summed E-state index contributed by atoms with van der Waals surface area (Å²) in [5.41, 5.74) is 4.25. The number of benzene rings is 3. The van der Waals surface area contributed by atoms with E-state index in [2.05, 4.69) is 10.6 Å². The zero-order valence-corrected chi connectivity index (χ0v) is 21.1. The van der Waals surface area contributed by atoms with Crippen LogP contribution in [0, 0.1) is 11.2 Å². The van der Waals surface area contributed by atoms with Gasteiger partial charge in [0.25, 0.3) is 5.56 Å². The third-order valence-corrected chi connectivity index (χ3v) is 7.46. The van der Waals surface area contributed by atoms with E-state index in [1.54, 1.807) is 23.7 Å². The molecular formula is C30H29FN6O. The van der Waals surface area contributed by atoms with Gasteiger partial charge in [0.05, 0.1) is 12.1 Å². The van der Waals surface area contributed by atoms with Crippen molar-refractivity contribution >= 4 is 11.5 Å². The Morgan fingerprint density at radius 1 is 1.00 bits per heavy atom. The zero-order chi connectivity index (χ0) is 26.2. The first-order valence-electron chi connectivity index (χ1n) is 12.9. The van der Waals surface area contributed by atoms with Gasteiger partial charge in [0.2, 0.25) is 5.62 Å². The molecule has 1 fully saturated rings. The van der Waals surface area contributed by atoms with Gasteiger partial charge >= 0.3 is 0 Å². The third kappa shape index (κ3) is 4.32. The molecule has 1 aromatic heterocycles. The predicted molar refractivity (Wildman–Crippen MR) is 145 cm³/mol. The van der Waals surface area contributed by atoms with E-state index in [0.29, 0.717) is 23.2 Å². The fourth-order valence-corrected chi connectivity index (χ4v) is 5.46. The lowest BCUT2D eigenvalue weighted by Gasteiger charge is -2.17. The van der Waals surface area contributed by atoms with Gasteiger partial charge in [0.15, 0.2) is 0 Å². The molecule has 0 radical (unpaired) electrons. The Morgan fingerprint density at radius 3 is 2.39 bits per heavy atom. The van der Waals surface area contributed by atoms with Crippen LogP contribution in [0.4, 0.5) is 10.1 Å². The second kappa shape index (κ2) is 9.78. The van der Waals surface area contributed by atoms with Gasteiger partial charge < -0.3 is 10.6 Å². The summed E-state index contributed by atoms with van der Waals surface area (Å²) in [5, 5.41) is 16.2. The fourth-order valence-electron chi connectivity index (χ4n) is 5.46. The van der Waals surface area contributed by atoms with E-state index >= 15 is 0 Å². The lowest BCUT2D eigenvalue weighted by molar-refractivity contribution is 0.465. The predicted octanol–water partition coefficient (Wildman–Crippen LogP) is 3.17. The zero-order valence-electron chi connectivity index (χ0n) is 21.1. The lowest BCUT2D eigenvalue weighted by Crippen LogP contribution is -2.59. The number of fused-ring (bicyclic) bond motifs is 3. The van der Waals surface area contributed by atoms with Gasteiger partial charge in [-0.25, -0.2) is 9.38 Å². The number of anilines is 1. The molecule has 192 valence electrons. The molecule has 2 aliphatic rings. The Kier molecular flexibility index (Phi) is 6.15. The molecule has 3 N–H and O–H groups in total. The summed E-state index contributed by atoms with van der Waals surface area (Å²) in [7, 11) is 1.73. The van der Waals surface area contributed by atoms with Gasteiger partial charge in [-0.05, 0) is 60.2 Å². The highest BCUT2D eigenvalue weighted by atomic mass is 19.1. The first-order chi connectivity index (χ1) is 18.5. The lowest BCUT2D eigenvalue weighted by atomic mass is 10.0. The van der Waals surface area contributed by atoms with Crippen molar-refractivity contribution in [1.82, 2.24) is 14.5 Å². The molecule has 1 aliphatic carbocycles. The van der Waals surface area contributed by atoms with E-state index in [1.807, 2.05) is 59.2 Å². The van der Waals surface area contributed by atoms with Crippen LogP contribution in [0.1, 0.15) is 30.9 Å². The Hall–Kier alpha value is -4.46. The van der Waals surface area contributed by atoms with Crippen LogP contribution in [-0.4, -0.2) is 15.2 Å². The highest BCUT2D eigenvalue weighted by Gasteiger charge is 2.34. The summed E-state index contributed by atoms with van der Waals surface area (Å²) in [5.74, 6) is 0.228. The maximum Gasteiger partial charge on any atom is 0.267 e. The minimum absolute atomic E-state index is 0.125. The van der Waals surface area contributed by atoms with Gasteiger partial charge in [0, 0.05) is 19.3 Å². The van der Waals surface area contributed by atoms with Crippen LogP contribution in [0.15, 0.2) is 88.6 Å². The molecule has 6 rings (SSSR count). The summed E-state index contributed by atoms with van der Waals surface area (Å²) < 4.78 is 16.8. The van der Waals surface area contributed by atoms with E-state index in [1.165, 1.54) is 12.1 Å². The number of nitrogens with one attached hydrogen (secondary N) is 3. The second-order valence-electron chi connectivity index (χ2n) is 9.88. The van der Waals surface area contributed by atoms with Crippen LogP contribution >= 0.6 is 0 Å². The first kappa shape index (κ1) is 23.9. The molecule has 3 aromatic carbocycles. The van der Waals surface area contributed by atoms with Crippen LogP contribution in [-0.2, 0) is 13.6 Å². The summed E-state index contributed by atoms with van der Waals surface area (Å²) in [6.07, 6.45) is 3.03. The van der Waals surface area contributed by atoms with Gasteiger partial charge in [-0.1, -0.05) is 54.6 Å². The van der Waals surface area contributed by atoms with Gasteiger partial charge in [-0.15, -0.1) is 0 Å². The van der Waals surface area contributed by atoms with Crippen molar-refractivity contribution in [2.45, 2.75) is 37.9 Å². The molecule has 8 heteroatoms. The smallest absolute Gasteiger partial charge is 0.267 e. The van der Waals surface area contributed by atoms with Crippen molar-refractivity contribution in [3.8, 4) is 11.1 Å². The minimum atomic E-state index is -0.262. The maximum absolute atomic E-state index is 13.6. The van der Waals surface area contributed by atoms with E-state index in [9.17, 15) is 9.18 Å². The highest BCUT2D eigenvalue weighted by molar-refractivity contribution is 5.64. The summed E-state index contributed by atoms with van der Waals surface area (Å²) >= 11 is 0. The number of hydrogen-bond donors (Lipinski definition) is 3. The highest BCUT2D eigenvalue weighted by Crippen LogP contribution is 2.32. The Bertz CT molecular complexity index is 1720. The van der Waals surface area contributed by atoms with Crippen LogP contribution in [0.5, 0.6) is 0 Å². The number of para-hydroxylation sites is 1. The maximum atomic E-state index is 13.6. The second-order valence-corrected chi connectivity index (χ2v) is 9.88. The molecule has 2 heterocycles. The molecule has 0 amide bonds. The Balaban J connectivity index is 1.39. The monoisotopic (exact) mass is 508 g/mol. The molecule has 4 aromatic rings. The normalized spacial score (nSPS) is 18.4. The average molecular weight is 509 g/mol. The topological polar surface area (TPSA) is 87.2 Å². The Morgan fingerprint density at radius 2 is 1.68 bits per heavy atom. The van der Waals surface area contributed by atoms with Gasteiger partial charge in [0.1, 0.15) is 22.3 Å². The van der Waals surface area contributed by atoms with Crippen LogP contribution in [0.25, 0.3) is 16.9 Å². The Labute approximate surface area is 219 Å². The van der Waals surface area contributed by atoms with Crippen LogP contribution in [0.3, 0.4) is 0 Å². The van der Waals surface area contributed by atoms with Crippen molar-refractivity contribution in [3.63, 3.8) is 0 Å². The van der Waals surface area contributed by atoms with Crippen LogP contribution < -0.4 is 32.5 Å². The molecule has 1 saturated carbocycles. The average Bonchev–Trinajstić information content (AvgIpc) is 3.54. The van der Waals surface area contributed by atoms with Crippen LogP contribution in [0.2, 0.25) is 0 Å². The molecule has 2 atom stereocenters. The van der Waals surface area contributed by atoms with E-state index < -0.39 is 0 Å². The summed E-state index contributed by atoms with van der Waals surface area (Å²) in [4.78, 5) is 18.4. The number of nitrogens with zero attached hydrogens (tertiary/aromatic N) is 3. The molecule has 0 bridgehead atoms. The third-order valence-electron chi connectivity index (χ3n) is 7.46. The quantitative estimate of drug-likeness (QED) is 0.374. The molecule has 2 unspecified atom stereocenters. The largest absolute Gasteiger partial charge is 0.367 e. The van der Waals surface area contributed by atoms with Crippen molar-refractivity contribution < 1.29 is 4.39 Å². The van der Waals surface area contributed by atoms with E-state index in [-0.39, 0.29) is 28.9 Å².